The van der Waals surface area contributed by atoms with Gasteiger partial charge in [-0.3, -0.25) is 4.90 Å². The van der Waals surface area contributed by atoms with Crippen molar-refractivity contribution >= 4 is 16.1 Å². The fourth-order valence-electron chi connectivity index (χ4n) is 2.76. The lowest BCUT2D eigenvalue weighted by atomic mass is 10.2. The van der Waals surface area contributed by atoms with E-state index in [9.17, 15) is 13.2 Å². The highest BCUT2D eigenvalue weighted by molar-refractivity contribution is 7.89. The zero-order chi connectivity index (χ0) is 20.9. The molecule has 0 atom stereocenters. The molecular formula is C21H28N2O4S. The molecule has 152 valence electrons. The van der Waals surface area contributed by atoms with Gasteiger partial charge in [-0.05, 0) is 51.8 Å². The third-order valence-electron chi connectivity index (χ3n) is 4.18. The van der Waals surface area contributed by atoms with E-state index < -0.39 is 21.7 Å². The van der Waals surface area contributed by atoms with Gasteiger partial charge in [-0.1, -0.05) is 17.7 Å². The van der Waals surface area contributed by atoms with Crippen molar-refractivity contribution in [2.45, 2.75) is 51.0 Å². The maximum Gasteiger partial charge on any atom is 0.414 e. The third kappa shape index (κ3) is 5.85. The van der Waals surface area contributed by atoms with Crippen LogP contribution in [0.2, 0.25) is 0 Å². The SMILES string of the molecule is C#CCCN(CC1=CN(C(=O)OC(C)(C)C)CC1)S(=O)(=O)c1ccc(C)cc1. The van der Waals surface area contributed by atoms with Gasteiger partial charge in [0.15, 0.2) is 0 Å². The molecule has 2 rings (SSSR count). The van der Waals surface area contributed by atoms with Gasteiger partial charge in [0, 0.05) is 32.3 Å². The van der Waals surface area contributed by atoms with Gasteiger partial charge in [0.25, 0.3) is 0 Å². The van der Waals surface area contributed by atoms with Gasteiger partial charge in [-0.15, -0.1) is 12.3 Å². The zero-order valence-electron chi connectivity index (χ0n) is 16.9. The number of benzene rings is 1. The number of hydrogen-bond donors (Lipinski definition) is 0. The molecule has 1 aromatic carbocycles. The summed E-state index contributed by atoms with van der Waals surface area (Å²) in [6, 6.07) is 6.74. The van der Waals surface area contributed by atoms with Crippen LogP contribution in [-0.2, 0) is 14.8 Å². The van der Waals surface area contributed by atoms with Crippen molar-refractivity contribution in [2.24, 2.45) is 0 Å². The van der Waals surface area contributed by atoms with Gasteiger partial charge in [0.1, 0.15) is 5.60 Å². The van der Waals surface area contributed by atoms with Crippen LogP contribution in [0.3, 0.4) is 0 Å². The van der Waals surface area contributed by atoms with Gasteiger partial charge < -0.3 is 4.74 Å². The Kier molecular flexibility index (Phi) is 6.91. The number of nitrogens with zero attached hydrogens (tertiary/aromatic N) is 2. The molecule has 7 heteroatoms. The Hall–Kier alpha value is -2.30. The van der Waals surface area contributed by atoms with Gasteiger partial charge in [-0.2, -0.15) is 4.31 Å². The molecule has 0 N–H and O–H groups in total. The van der Waals surface area contributed by atoms with Gasteiger partial charge in [0.2, 0.25) is 10.0 Å². The van der Waals surface area contributed by atoms with Crippen molar-refractivity contribution in [2.75, 3.05) is 19.6 Å². The van der Waals surface area contributed by atoms with Crippen molar-refractivity contribution in [1.82, 2.24) is 9.21 Å². The molecule has 0 fully saturated rings. The molecule has 28 heavy (non-hydrogen) atoms. The van der Waals surface area contributed by atoms with Crippen LogP contribution in [0.15, 0.2) is 40.9 Å². The Morgan fingerprint density at radius 3 is 2.50 bits per heavy atom. The van der Waals surface area contributed by atoms with Crippen LogP contribution in [-0.4, -0.2) is 49.0 Å². The van der Waals surface area contributed by atoms with E-state index in [-0.39, 0.29) is 18.0 Å². The predicted molar refractivity (Wildman–Crippen MR) is 109 cm³/mol. The second-order valence-electron chi connectivity index (χ2n) is 7.82. The topological polar surface area (TPSA) is 66.9 Å². The Balaban J connectivity index is 2.18. The molecule has 0 unspecified atom stereocenters. The summed E-state index contributed by atoms with van der Waals surface area (Å²) in [5, 5.41) is 0. The summed E-state index contributed by atoms with van der Waals surface area (Å²) in [7, 11) is -3.68. The Bertz CT molecular complexity index is 874. The highest BCUT2D eigenvalue weighted by Crippen LogP contribution is 2.23. The largest absolute Gasteiger partial charge is 0.443 e. The van der Waals surface area contributed by atoms with Crippen LogP contribution < -0.4 is 0 Å². The van der Waals surface area contributed by atoms with E-state index in [0.717, 1.165) is 11.1 Å². The summed E-state index contributed by atoms with van der Waals surface area (Å²) in [5.74, 6) is 2.50. The van der Waals surface area contributed by atoms with E-state index in [0.29, 0.717) is 19.4 Å². The van der Waals surface area contributed by atoms with E-state index in [1.165, 1.54) is 9.21 Å². The predicted octanol–water partition coefficient (Wildman–Crippen LogP) is 3.53. The van der Waals surface area contributed by atoms with E-state index in [1.54, 1.807) is 51.2 Å². The van der Waals surface area contributed by atoms with E-state index in [4.69, 9.17) is 11.2 Å². The minimum absolute atomic E-state index is 0.192. The van der Waals surface area contributed by atoms with Crippen molar-refractivity contribution in [1.29, 1.82) is 0 Å². The van der Waals surface area contributed by atoms with Crippen molar-refractivity contribution in [3.63, 3.8) is 0 Å². The Labute approximate surface area is 168 Å². The normalized spacial score (nSPS) is 14.7. The van der Waals surface area contributed by atoms with Gasteiger partial charge in [-0.25, -0.2) is 13.2 Å². The lowest BCUT2D eigenvalue weighted by Crippen LogP contribution is -2.33. The minimum atomic E-state index is -3.68. The summed E-state index contributed by atoms with van der Waals surface area (Å²) in [4.78, 5) is 13.9. The Morgan fingerprint density at radius 1 is 1.29 bits per heavy atom. The quantitative estimate of drug-likeness (QED) is 0.680. The average Bonchev–Trinajstić information content (AvgIpc) is 3.06. The first-order valence-electron chi connectivity index (χ1n) is 9.22. The summed E-state index contributed by atoms with van der Waals surface area (Å²) >= 11 is 0. The second kappa shape index (κ2) is 8.80. The average molecular weight is 405 g/mol. The minimum Gasteiger partial charge on any atom is -0.443 e. The molecule has 0 aliphatic carbocycles. The number of ether oxygens (including phenoxy) is 1. The first-order valence-corrected chi connectivity index (χ1v) is 10.7. The van der Waals surface area contributed by atoms with Crippen LogP contribution in [0, 0.1) is 19.3 Å². The third-order valence-corrected chi connectivity index (χ3v) is 6.04. The van der Waals surface area contributed by atoms with Crippen LogP contribution >= 0.6 is 0 Å². The zero-order valence-corrected chi connectivity index (χ0v) is 17.8. The highest BCUT2D eigenvalue weighted by Gasteiger charge is 2.29. The smallest absolute Gasteiger partial charge is 0.414 e. The fourth-order valence-corrected chi connectivity index (χ4v) is 4.20. The number of terminal acetylenes is 1. The lowest BCUT2D eigenvalue weighted by Gasteiger charge is -2.23. The molecule has 0 saturated heterocycles. The molecule has 0 aromatic heterocycles. The van der Waals surface area contributed by atoms with Crippen LogP contribution in [0.25, 0.3) is 0 Å². The second-order valence-corrected chi connectivity index (χ2v) is 9.75. The number of carbonyl (C=O) groups excluding carboxylic acids is 1. The number of sulfonamides is 1. The van der Waals surface area contributed by atoms with Crippen LogP contribution in [0.5, 0.6) is 0 Å². The maximum absolute atomic E-state index is 13.1. The van der Waals surface area contributed by atoms with Crippen LogP contribution in [0.1, 0.15) is 39.2 Å². The fraction of sp³-hybridized carbons (Fsp3) is 0.476. The molecule has 0 saturated carbocycles. The van der Waals surface area contributed by atoms with E-state index in [1.807, 2.05) is 6.92 Å². The molecule has 6 nitrogen and oxygen atoms in total. The standard InChI is InChI=1S/C21H28N2O4S/c1-6-7-13-23(28(25,26)19-10-8-17(2)9-11-19)16-18-12-14-22(15-18)20(24)27-21(3,4)5/h1,8-11,15H,7,12-14,16H2,2-5H3. The summed E-state index contributed by atoms with van der Waals surface area (Å²) in [6.07, 6.45) is 7.51. The van der Waals surface area contributed by atoms with Gasteiger partial charge in [0.05, 0.1) is 4.90 Å². The molecule has 1 amide bonds. The summed E-state index contributed by atoms with van der Waals surface area (Å²) < 4.78 is 32.9. The van der Waals surface area contributed by atoms with Crippen LogP contribution in [0.4, 0.5) is 4.79 Å². The molecule has 0 radical (unpaired) electrons. The van der Waals surface area contributed by atoms with E-state index in [2.05, 4.69) is 5.92 Å². The number of rotatable bonds is 6. The van der Waals surface area contributed by atoms with Crippen molar-refractivity contribution < 1.29 is 17.9 Å². The summed E-state index contributed by atoms with van der Waals surface area (Å²) in [6.45, 7) is 8.20. The number of amides is 1. The molecule has 1 heterocycles. The molecular weight excluding hydrogens is 376 g/mol. The lowest BCUT2D eigenvalue weighted by molar-refractivity contribution is 0.0349. The molecule has 1 aromatic rings. The monoisotopic (exact) mass is 404 g/mol. The number of hydrogen-bond acceptors (Lipinski definition) is 4. The van der Waals surface area contributed by atoms with Crippen molar-refractivity contribution in [3.8, 4) is 12.3 Å². The molecule has 0 bridgehead atoms. The Morgan fingerprint density at radius 2 is 1.93 bits per heavy atom. The molecule has 1 aliphatic rings. The molecule has 1 aliphatic heterocycles. The molecule has 0 spiro atoms. The number of aryl methyl sites for hydroxylation is 1. The first kappa shape index (κ1) is 22.0. The highest BCUT2D eigenvalue weighted by atomic mass is 32.2. The van der Waals surface area contributed by atoms with Crippen molar-refractivity contribution in [3.05, 3.63) is 41.6 Å². The first-order chi connectivity index (χ1) is 13.0. The number of carbonyl (C=O) groups is 1. The maximum atomic E-state index is 13.1. The van der Waals surface area contributed by atoms with Gasteiger partial charge >= 0.3 is 6.09 Å². The summed E-state index contributed by atoms with van der Waals surface area (Å²) in [5.41, 5.74) is 1.25. The van der Waals surface area contributed by atoms with E-state index >= 15 is 0 Å².